The zero-order valence-electron chi connectivity index (χ0n) is 16.0. The predicted molar refractivity (Wildman–Crippen MR) is 101 cm³/mol. The number of amides is 1. The Morgan fingerprint density at radius 3 is 2.52 bits per heavy atom. The molecule has 146 valence electrons. The number of carbonyl (C=O) groups excluding carboxylic acids is 1. The van der Waals surface area contributed by atoms with Crippen molar-refractivity contribution in [3.63, 3.8) is 0 Å². The van der Waals surface area contributed by atoms with Crippen LogP contribution in [0.5, 0.6) is 5.75 Å². The first-order valence-corrected chi connectivity index (χ1v) is 8.94. The molecule has 0 aliphatic carbocycles. The molecular formula is C20H25NO6. The Labute approximate surface area is 157 Å². The van der Waals surface area contributed by atoms with Crippen molar-refractivity contribution in [1.29, 1.82) is 0 Å². The van der Waals surface area contributed by atoms with Gasteiger partial charge in [-0.1, -0.05) is 19.8 Å². The third-order valence-electron chi connectivity index (χ3n) is 4.66. The average Bonchev–Trinajstić information content (AvgIpc) is 2.63. The summed E-state index contributed by atoms with van der Waals surface area (Å²) < 4.78 is 10.9. The van der Waals surface area contributed by atoms with E-state index in [9.17, 15) is 19.5 Å². The zero-order valence-corrected chi connectivity index (χ0v) is 16.0. The number of nitrogens with one attached hydrogen (secondary N) is 1. The highest BCUT2D eigenvalue weighted by atomic mass is 16.5. The molecule has 1 heterocycles. The van der Waals surface area contributed by atoms with Gasteiger partial charge in [0.05, 0.1) is 0 Å². The number of rotatable bonds is 8. The minimum atomic E-state index is -1.06. The van der Waals surface area contributed by atoms with Crippen LogP contribution in [0.15, 0.2) is 21.3 Å². The van der Waals surface area contributed by atoms with Gasteiger partial charge in [0.2, 0.25) is 0 Å². The number of aryl methyl sites for hydroxylation is 2. The maximum absolute atomic E-state index is 12.0. The molecular weight excluding hydrogens is 350 g/mol. The number of benzene rings is 1. The number of aliphatic carboxylic acids is 1. The molecule has 0 aliphatic heterocycles. The fraction of sp³-hybridized carbons (Fsp3) is 0.450. The first-order valence-electron chi connectivity index (χ1n) is 8.94. The van der Waals surface area contributed by atoms with Crippen molar-refractivity contribution in [3.05, 3.63) is 39.2 Å². The normalized spacial score (nSPS) is 12.0. The number of ether oxygens (including phenoxy) is 1. The number of hydrogen-bond acceptors (Lipinski definition) is 5. The molecule has 2 rings (SSSR count). The molecule has 0 unspecified atom stereocenters. The molecule has 0 saturated carbocycles. The molecule has 0 saturated heterocycles. The first kappa shape index (κ1) is 20.5. The monoisotopic (exact) mass is 375 g/mol. The number of carbonyl (C=O) groups is 2. The fourth-order valence-electron chi connectivity index (χ4n) is 2.83. The molecule has 7 heteroatoms. The maximum atomic E-state index is 12.0. The lowest BCUT2D eigenvalue weighted by molar-refractivity contribution is -0.142. The molecule has 0 bridgehead atoms. The summed E-state index contributed by atoms with van der Waals surface area (Å²) in [6.07, 6.45) is 1.92. The Kier molecular flexibility index (Phi) is 6.60. The van der Waals surface area contributed by atoms with Crippen molar-refractivity contribution >= 4 is 22.8 Å². The highest BCUT2D eigenvalue weighted by molar-refractivity contribution is 5.86. The van der Waals surface area contributed by atoms with Crippen LogP contribution < -0.4 is 15.7 Å². The molecule has 2 aromatic rings. The summed E-state index contributed by atoms with van der Waals surface area (Å²) in [5.41, 5.74) is 2.03. The van der Waals surface area contributed by atoms with E-state index in [1.165, 1.54) is 0 Å². The van der Waals surface area contributed by atoms with E-state index < -0.39 is 23.5 Å². The molecule has 1 atom stereocenters. The second-order valence-electron chi connectivity index (χ2n) is 6.59. The van der Waals surface area contributed by atoms with Crippen LogP contribution in [0.3, 0.4) is 0 Å². The standard InChI is InChI=1S/C20H25NO6/c1-5-6-7-15(19(23)24)21-17(22)10-26-16-9-8-14-11(2)12(3)20(25)27-18(14)13(16)4/h8-9,15H,5-7,10H2,1-4H3,(H,21,22)(H,23,24)/t15-/m0/s1. The summed E-state index contributed by atoms with van der Waals surface area (Å²) in [6.45, 7) is 6.94. The quantitative estimate of drug-likeness (QED) is 0.687. The van der Waals surface area contributed by atoms with Gasteiger partial charge in [-0.25, -0.2) is 9.59 Å². The van der Waals surface area contributed by atoms with Gasteiger partial charge in [0.15, 0.2) is 6.61 Å². The van der Waals surface area contributed by atoms with Crippen molar-refractivity contribution in [3.8, 4) is 5.75 Å². The average molecular weight is 375 g/mol. The van der Waals surface area contributed by atoms with Gasteiger partial charge in [-0.3, -0.25) is 4.79 Å². The molecule has 1 amide bonds. The third-order valence-corrected chi connectivity index (χ3v) is 4.66. The van der Waals surface area contributed by atoms with E-state index in [-0.39, 0.29) is 6.61 Å². The Hall–Kier alpha value is -2.83. The smallest absolute Gasteiger partial charge is 0.339 e. The van der Waals surface area contributed by atoms with Crippen molar-refractivity contribution in [2.24, 2.45) is 0 Å². The van der Waals surface area contributed by atoms with E-state index in [4.69, 9.17) is 9.15 Å². The number of hydrogen-bond donors (Lipinski definition) is 2. The molecule has 27 heavy (non-hydrogen) atoms. The molecule has 0 radical (unpaired) electrons. The fourth-order valence-corrected chi connectivity index (χ4v) is 2.83. The van der Waals surface area contributed by atoms with Crippen molar-refractivity contribution in [2.45, 2.75) is 53.0 Å². The van der Waals surface area contributed by atoms with Gasteiger partial charge in [-0.15, -0.1) is 0 Å². The summed E-state index contributed by atoms with van der Waals surface area (Å²) in [4.78, 5) is 35.2. The van der Waals surface area contributed by atoms with E-state index >= 15 is 0 Å². The first-order chi connectivity index (χ1) is 12.8. The molecule has 1 aromatic carbocycles. The Morgan fingerprint density at radius 2 is 1.89 bits per heavy atom. The van der Waals surface area contributed by atoms with Crippen LogP contribution in [0, 0.1) is 20.8 Å². The molecule has 0 aliphatic rings. The van der Waals surface area contributed by atoms with Crippen LogP contribution >= 0.6 is 0 Å². The van der Waals surface area contributed by atoms with Gasteiger partial charge in [0.1, 0.15) is 17.4 Å². The van der Waals surface area contributed by atoms with E-state index in [2.05, 4.69) is 5.32 Å². The molecule has 7 nitrogen and oxygen atoms in total. The summed E-state index contributed by atoms with van der Waals surface area (Å²) in [6, 6.07) is 2.56. The minimum absolute atomic E-state index is 0.322. The highest BCUT2D eigenvalue weighted by Gasteiger charge is 2.20. The number of carboxylic acid groups (broad SMARTS) is 1. The summed E-state index contributed by atoms with van der Waals surface area (Å²) >= 11 is 0. The molecule has 1 aromatic heterocycles. The SMILES string of the molecule is CCCC[C@H](NC(=O)COc1ccc2c(C)c(C)c(=O)oc2c1C)C(=O)O. The van der Waals surface area contributed by atoms with Crippen molar-refractivity contribution in [2.75, 3.05) is 6.61 Å². The van der Waals surface area contributed by atoms with Crippen LogP contribution in [-0.4, -0.2) is 29.6 Å². The topological polar surface area (TPSA) is 106 Å². The summed E-state index contributed by atoms with van der Waals surface area (Å²) in [5, 5.41) is 12.5. The van der Waals surface area contributed by atoms with Gasteiger partial charge in [-0.05, 0) is 44.9 Å². The van der Waals surface area contributed by atoms with Crippen LogP contribution in [0.25, 0.3) is 11.0 Å². The van der Waals surface area contributed by atoms with Gasteiger partial charge in [-0.2, -0.15) is 0 Å². The van der Waals surface area contributed by atoms with Crippen LogP contribution in [0.4, 0.5) is 0 Å². The van der Waals surface area contributed by atoms with E-state index in [0.717, 1.165) is 17.4 Å². The lowest BCUT2D eigenvalue weighted by atomic mass is 10.0. The van der Waals surface area contributed by atoms with E-state index in [1.807, 2.05) is 13.8 Å². The maximum Gasteiger partial charge on any atom is 0.339 e. The Morgan fingerprint density at radius 1 is 1.19 bits per heavy atom. The van der Waals surface area contributed by atoms with Crippen LogP contribution in [0.2, 0.25) is 0 Å². The van der Waals surface area contributed by atoms with Crippen molar-refractivity contribution in [1.82, 2.24) is 5.32 Å². The second kappa shape index (κ2) is 8.70. The molecule has 0 fully saturated rings. The summed E-state index contributed by atoms with van der Waals surface area (Å²) in [7, 11) is 0. The Balaban J connectivity index is 2.14. The number of unbranched alkanes of at least 4 members (excludes halogenated alkanes) is 1. The van der Waals surface area contributed by atoms with Gasteiger partial charge >= 0.3 is 11.6 Å². The van der Waals surface area contributed by atoms with Crippen LogP contribution in [0.1, 0.15) is 42.9 Å². The zero-order chi connectivity index (χ0) is 20.1. The molecule has 2 N–H and O–H groups in total. The minimum Gasteiger partial charge on any atom is -0.483 e. The largest absolute Gasteiger partial charge is 0.483 e. The van der Waals surface area contributed by atoms with E-state index in [1.54, 1.807) is 26.0 Å². The van der Waals surface area contributed by atoms with Crippen molar-refractivity contribution < 1.29 is 23.8 Å². The highest BCUT2D eigenvalue weighted by Crippen LogP contribution is 2.29. The lowest BCUT2D eigenvalue weighted by Crippen LogP contribution is -2.42. The summed E-state index contributed by atoms with van der Waals surface area (Å²) in [5.74, 6) is -1.17. The lowest BCUT2D eigenvalue weighted by Gasteiger charge is -2.15. The predicted octanol–water partition coefficient (Wildman–Crippen LogP) is 2.86. The molecule has 0 spiro atoms. The van der Waals surface area contributed by atoms with E-state index in [0.29, 0.717) is 35.3 Å². The van der Waals surface area contributed by atoms with Gasteiger partial charge in [0.25, 0.3) is 5.91 Å². The third kappa shape index (κ3) is 4.67. The Bertz CT molecular complexity index is 915. The number of fused-ring (bicyclic) bond motifs is 1. The van der Waals surface area contributed by atoms with Gasteiger partial charge in [0, 0.05) is 16.5 Å². The van der Waals surface area contributed by atoms with Crippen LogP contribution in [-0.2, 0) is 9.59 Å². The number of carboxylic acids is 1. The second-order valence-corrected chi connectivity index (χ2v) is 6.59. The van der Waals surface area contributed by atoms with Gasteiger partial charge < -0.3 is 19.6 Å².